The minimum Gasteiger partial charge on any atom is -0.481 e. The van der Waals surface area contributed by atoms with Gasteiger partial charge in [-0.05, 0) is 36.8 Å². The van der Waals surface area contributed by atoms with Gasteiger partial charge in [-0.2, -0.15) is 0 Å². The summed E-state index contributed by atoms with van der Waals surface area (Å²) in [5, 5.41) is 12.3. The molecule has 5 heteroatoms. The molecule has 4 atom stereocenters. The molecule has 3 aliphatic rings. The molecular weight excluding hydrogens is 268 g/mol. The van der Waals surface area contributed by atoms with Crippen LogP contribution in [0.5, 0.6) is 0 Å². The second kappa shape index (κ2) is 5.68. The molecule has 1 heterocycles. The van der Waals surface area contributed by atoms with Crippen LogP contribution in [0.1, 0.15) is 18.5 Å². The summed E-state index contributed by atoms with van der Waals surface area (Å²) in [6.07, 6.45) is 7.41. The van der Waals surface area contributed by atoms with Crippen LogP contribution in [0.4, 0.5) is 0 Å². The summed E-state index contributed by atoms with van der Waals surface area (Å²) in [6, 6.07) is 5.51. The molecule has 4 rings (SSSR count). The number of nitrogens with one attached hydrogen (secondary N) is 1. The van der Waals surface area contributed by atoms with Crippen LogP contribution in [0.3, 0.4) is 0 Å². The first kappa shape index (κ1) is 13.8. The van der Waals surface area contributed by atoms with E-state index in [1.54, 1.807) is 6.20 Å². The van der Waals surface area contributed by atoms with Crippen molar-refractivity contribution < 1.29 is 14.7 Å². The predicted octanol–water partition coefficient (Wildman–Crippen LogP) is 1.61. The van der Waals surface area contributed by atoms with E-state index in [1.165, 1.54) is 0 Å². The van der Waals surface area contributed by atoms with Gasteiger partial charge in [-0.15, -0.1) is 0 Å². The molecule has 21 heavy (non-hydrogen) atoms. The van der Waals surface area contributed by atoms with Crippen molar-refractivity contribution in [2.45, 2.75) is 19.4 Å². The highest BCUT2D eigenvalue weighted by molar-refractivity contribution is 5.86. The molecule has 2 bridgehead atoms. The highest BCUT2D eigenvalue weighted by atomic mass is 16.4. The van der Waals surface area contributed by atoms with Crippen LogP contribution in [-0.4, -0.2) is 22.0 Å². The van der Waals surface area contributed by atoms with Gasteiger partial charge in [0.1, 0.15) is 0 Å². The van der Waals surface area contributed by atoms with E-state index in [1.807, 2.05) is 30.4 Å². The number of rotatable bonds is 4. The van der Waals surface area contributed by atoms with Crippen molar-refractivity contribution in [2.24, 2.45) is 23.7 Å². The number of fused-ring (bicyclic) bond motifs is 2. The van der Waals surface area contributed by atoms with Crippen molar-refractivity contribution in [1.82, 2.24) is 10.3 Å². The molecule has 1 aromatic rings. The quantitative estimate of drug-likeness (QED) is 0.824. The minimum atomic E-state index is -0.868. The number of carboxylic acids is 1. The molecule has 1 amide bonds. The van der Waals surface area contributed by atoms with Gasteiger partial charge < -0.3 is 10.4 Å². The zero-order valence-electron chi connectivity index (χ0n) is 11.6. The maximum absolute atomic E-state index is 12.4. The molecule has 3 aliphatic carbocycles. The smallest absolute Gasteiger partial charge is 0.307 e. The van der Waals surface area contributed by atoms with Crippen LogP contribution < -0.4 is 5.32 Å². The fraction of sp³-hybridized carbons (Fsp3) is 0.438. The summed E-state index contributed by atoms with van der Waals surface area (Å²) in [5.41, 5.74) is 0.772. The fourth-order valence-corrected chi connectivity index (χ4v) is 3.49. The SMILES string of the molecule is O=C(O)[C@@H]1[C@H](C(=O)NCc2ccccn2)[C@H]2C=C[C@H]1CC2. The topological polar surface area (TPSA) is 79.3 Å². The van der Waals surface area contributed by atoms with E-state index >= 15 is 0 Å². The second-order valence-electron chi connectivity index (χ2n) is 5.72. The third kappa shape index (κ3) is 2.68. The summed E-state index contributed by atoms with van der Waals surface area (Å²) < 4.78 is 0. The number of carbonyl (C=O) groups is 2. The monoisotopic (exact) mass is 286 g/mol. The summed E-state index contributed by atoms with van der Waals surface area (Å²) in [5.74, 6) is -2.08. The maximum Gasteiger partial charge on any atom is 0.307 e. The van der Waals surface area contributed by atoms with Crippen molar-refractivity contribution in [1.29, 1.82) is 0 Å². The molecule has 1 saturated carbocycles. The molecule has 110 valence electrons. The van der Waals surface area contributed by atoms with Crippen LogP contribution in [0.15, 0.2) is 36.5 Å². The number of carboxylic acid groups (broad SMARTS) is 1. The summed E-state index contributed by atoms with van der Waals surface area (Å²) in [4.78, 5) is 28.1. The van der Waals surface area contributed by atoms with Gasteiger partial charge in [0.05, 0.1) is 24.1 Å². The third-order valence-corrected chi connectivity index (χ3v) is 4.51. The summed E-state index contributed by atoms with van der Waals surface area (Å²) >= 11 is 0. The Morgan fingerprint density at radius 1 is 1.19 bits per heavy atom. The number of allylic oxidation sites excluding steroid dienone is 2. The van der Waals surface area contributed by atoms with Crippen LogP contribution in [0.25, 0.3) is 0 Å². The Labute approximate surface area is 123 Å². The van der Waals surface area contributed by atoms with E-state index in [0.29, 0.717) is 6.54 Å². The molecule has 2 N–H and O–H groups in total. The fourth-order valence-electron chi connectivity index (χ4n) is 3.49. The van der Waals surface area contributed by atoms with Gasteiger partial charge in [0.15, 0.2) is 0 Å². The molecule has 0 aromatic carbocycles. The molecular formula is C16H18N2O3. The number of amides is 1. The van der Waals surface area contributed by atoms with Crippen LogP contribution in [0.2, 0.25) is 0 Å². The second-order valence-corrected chi connectivity index (χ2v) is 5.72. The first-order valence-electron chi connectivity index (χ1n) is 7.25. The van der Waals surface area contributed by atoms with Crippen LogP contribution in [0, 0.1) is 23.7 Å². The third-order valence-electron chi connectivity index (χ3n) is 4.51. The molecule has 0 saturated heterocycles. The highest BCUT2D eigenvalue weighted by Gasteiger charge is 2.48. The number of hydrogen-bond donors (Lipinski definition) is 2. The average molecular weight is 286 g/mol. The van der Waals surface area contributed by atoms with Crippen molar-refractivity contribution in [3.05, 3.63) is 42.2 Å². The largest absolute Gasteiger partial charge is 0.481 e. The zero-order chi connectivity index (χ0) is 14.8. The molecule has 0 spiro atoms. The first-order valence-corrected chi connectivity index (χ1v) is 7.25. The van der Waals surface area contributed by atoms with Gasteiger partial charge in [-0.25, -0.2) is 0 Å². The van der Waals surface area contributed by atoms with E-state index in [2.05, 4.69) is 10.3 Å². The van der Waals surface area contributed by atoms with Crippen molar-refractivity contribution in [2.75, 3.05) is 0 Å². The van der Waals surface area contributed by atoms with E-state index < -0.39 is 17.8 Å². The van der Waals surface area contributed by atoms with Crippen LogP contribution in [-0.2, 0) is 16.1 Å². The Bertz CT molecular complexity index is 570. The standard InChI is InChI=1S/C16H18N2O3/c19-15(18-9-12-3-1-2-8-17-12)13-10-4-6-11(7-5-10)14(13)16(20)21/h1-4,6,8,10-11,13-14H,5,7,9H2,(H,18,19)(H,20,21)/t10-,11-,13+,14-/m0/s1. The molecule has 0 unspecified atom stereocenters. The normalized spacial score (nSPS) is 30.1. The van der Waals surface area contributed by atoms with Crippen molar-refractivity contribution in [3.8, 4) is 0 Å². The Kier molecular flexibility index (Phi) is 3.73. The number of aromatic nitrogens is 1. The molecule has 1 fully saturated rings. The minimum absolute atomic E-state index is 0.0156. The first-order chi connectivity index (χ1) is 10.2. The Balaban J connectivity index is 1.71. The summed E-state index contributed by atoms with van der Waals surface area (Å²) in [7, 11) is 0. The Hall–Kier alpha value is -2.17. The molecule has 0 aliphatic heterocycles. The number of hydrogen-bond acceptors (Lipinski definition) is 3. The summed E-state index contributed by atoms with van der Waals surface area (Å²) in [6.45, 7) is 0.337. The van der Waals surface area contributed by atoms with Crippen molar-refractivity contribution in [3.63, 3.8) is 0 Å². The number of nitrogens with zero attached hydrogens (tertiary/aromatic N) is 1. The van der Waals surface area contributed by atoms with Gasteiger partial charge >= 0.3 is 5.97 Å². The highest BCUT2D eigenvalue weighted by Crippen LogP contribution is 2.45. The number of carbonyl (C=O) groups excluding carboxylic acids is 1. The molecule has 5 nitrogen and oxygen atoms in total. The molecule has 1 aromatic heterocycles. The molecule has 0 radical (unpaired) electrons. The van der Waals surface area contributed by atoms with E-state index in [4.69, 9.17) is 0 Å². The van der Waals surface area contributed by atoms with Gasteiger partial charge in [-0.3, -0.25) is 14.6 Å². The van der Waals surface area contributed by atoms with Gasteiger partial charge in [0.2, 0.25) is 5.91 Å². The Morgan fingerprint density at radius 3 is 2.48 bits per heavy atom. The van der Waals surface area contributed by atoms with E-state index in [-0.39, 0.29) is 17.7 Å². The van der Waals surface area contributed by atoms with E-state index in [9.17, 15) is 14.7 Å². The number of aliphatic carboxylic acids is 1. The van der Waals surface area contributed by atoms with Crippen molar-refractivity contribution >= 4 is 11.9 Å². The van der Waals surface area contributed by atoms with Gasteiger partial charge in [0, 0.05) is 6.20 Å². The van der Waals surface area contributed by atoms with Gasteiger partial charge in [0.25, 0.3) is 0 Å². The van der Waals surface area contributed by atoms with Gasteiger partial charge in [-0.1, -0.05) is 18.2 Å². The lowest BCUT2D eigenvalue weighted by molar-refractivity contribution is -0.153. The number of pyridine rings is 1. The predicted molar refractivity (Wildman–Crippen MR) is 76.1 cm³/mol. The Morgan fingerprint density at radius 2 is 1.90 bits per heavy atom. The maximum atomic E-state index is 12.4. The zero-order valence-corrected chi connectivity index (χ0v) is 11.6. The lowest BCUT2D eigenvalue weighted by atomic mass is 9.62. The van der Waals surface area contributed by atoms with E-state index in [0.717, 1.165) is 18.5 Å². The van der Waals surface area contributed by atoms with Crippen LogP contribution >= 0.6 is 0 Å². The lowest BCUT2D eigenvalue weighted by Gasteiger charge is -2.41. The lowest BCUT2D eigenvalue weighted by Crippen LogP contribution is -2.48. The average Bonchev–Trinajstić information content (AvgIpc) is 2.53.